The van der Waals surface area contributed by atoms with Crippen LogP contribution in [0.5, 0.6) is 0 Å². The lowest BCUT2D eigenvalue weighted by atomic mass is 9.44. The van der Waals surface area contributed by atoms with Crippen LogP contribution in [0.2, 0.25) is 0 Å². The number of aromatic nitrogens is 1. The number of nitrogens with zero attached hydrogens (tertiary/aromatic N) is 1. The summed E-state index contributed by atoms with van der Waals surface area (Å²) in [6.07, 6.45) is 12.1. The number of hydrogen-bond donors (Lipinski definition) is 1. The van der Waals surface area contributed by atoms with Gasteiger partial charge in [-0.05, 0) is 98.7 Å². The van der Waals surface area contributed by atoms with Crippen molar-refractivity contribution in [3.63, 3.8) is 0 Å². The van der Waals surface area contributed by atoms with Gasteiger partial charge < -0.3 is 9.63 Å². The summed E-state index contributed by atoms with van der Waals surface area (Å²) in [6, 6.07) is 2.04. The van der Waals surface area contributed by atoms with Gasteiger partial charge in [0, 0.05) is 12.0 Å². The van der Waals surface area contributed by atoms with E-state index in [-0.39, 0.29) is 0 Å². The molecule has 0 aliphatic heterocycles. The van der Waals surface area contributed by atoms with Gasteiger partial charge in [-0.25, -0.2) is 0 Å². The first-order chi connectivity index (χ1) is 13.3. The highest BCUT2D eigenvalue weighted by atomic mass is 16.5. The van der Waals surface area contributed by atoms with Gasteiger partial charge in [0.2, 0.25) is 0 Å². The Morgan fingerprint density at radius 3 is 2.54 bits per heavy atom. The number of aliphatic hydroxyl groups is 1. The maximum absolute atomic E-state index is 9.85. The second kappa shape index (κ2) is 6.59. The molecule has 0 radical (unpaired) electrons. The molecule has 0 spiro atoms. The van der Waals surface area contributed by atoms with Crippen molar-refractivity contribution >= 4 is 0 Å². The van der Waals surface area contributed by atoms with Gasteiger partial charge in [-0.2, -0.15) is 0 Å². The molecule has 9 unspecified atom stereocenters. The smallest absolute Gasteiger partial charge is 0.165 e. The molecule has 1 aromatic heterocycles. The molecule has 4 saturated carbocycles. The Morgan fingerprint density at radius 2 is 1.79 bits per heavy atom. The molecule has 4 fully saturated rings. The van der Waals surface area contributed by atoms with Crippen molar-refractivity contribution in [1.82, 2.24) is 5.16 Å². The first-order valence-electron chi connectivity index (χ1n) is 12.0. The lowest BCUT2D eigenvalue weighted by molar-refractivity contribution is -0.112. The minimum atomic E-state index is -0.564. The molecular weight excluding hydrogens is 346 g/mol. The van der Waals surface area contributed by atoms with Gasteiger partial charge in [0.15, 0.2) is 5.76 Å². The van der Waals surface area contributed by atoms with Crippen LogP contribution in [0.25, 0.3) is 0 Å². The summed E-state index contributed by atoms with van der Waals surface area (Å²) < 4.78 is 5.47. The fourth-order valence-corrected chi connectivity index (χ4v) is 8.62. The average Bonchev–Trinajstić information content (AvgIpc) is 3.26. The Bertz CT molecular complexity index is 726. The molecule has 0 amide bonds. The lowest BCUT2D eigenvalue weighted by Gasteiger charge is -2.61. The molecular formula is C25H39NO2. The molecule has 28 heavy (non-hydrogen) atoms. The van der Waals surface area contributed by atoms with E-state index >= 15 is 0 Å². The second-order valence-corrected chi connectivity index (χ2v) is 11.5. The van der Waals surface area contributed by atoms with Gasteiger partial charge in [0.1, 0.15) is 6.10 Å². The van der Waals surface area contributed by atoms with Crippen molar-refractivity contribution in [2.45, 2.75) is 97.5 Å². The summed E-state index contributed by atoms with van der Waals surface area (Å²) in [5, 5.41) is 14.3. The van der Waals surface area contributed by atoms with Gasteiger partial charge in [-0.15, -0.1) is 0 Å². The summed E-state index contributed by atoms with van der Waals surface area (Å²) in [7, 11) is 0. The quantitative estimate of drug-likeness (QED) is 0.633. The van der Waals surface area contributed by atoms with Crippen molar-refractivity contribution < 1.29 is 9.63 Å². The molecule has 0 aromatic carbocycles. The minimum Gasteiger partial charge on any atom is -0.385 e. The van der Waals surface area contributed by atoms with Crippen molar-refractivity contribution in [3.05, 3.63) is 17.5 Å². The van der Waals surface area contributed by atoms with Crippen LogP contribution in [0.15, 0.2) is 10.6 Å². The van der Waals surface area contributed by atoms with Crippen LogP contribution in [0.1, 0.15) is 109 Å². The highest BCUT2D eigenvalue weighted by Gasteiger charge is 2.60. The minimum absolute atomic E-state index is 0.360. The molecule has 0 bridgehead atoms. The maximum atomic E-state index is 9.85. The highest BCUT2D eigenvalue weighted by molar-refractivity contribution is 5.21. The first kappa shape index (κ1) is 19.2. The van der Waals surface area contributed by atoms with Crippen LogP contribution in [0.3, 0.4) is 0 Å². The average molecular weight is 386 g/mol. The number of hydrogen-bond acceptors (Lipinski definition) is 3. The van der Waals surface area contributed by atoms with E-state index in [0.717, 1.165) is 35.3 Å². The lowest BCUT2D eigenvalue weighted by Crippen LogP contribution is -2.53. The van der Waals surface area contributed by atoms with Crippen LogP contribution < -0.4 is 0 Å². The molecule has 4 aliphatic rings. The zero-order valence-corrected chi connectivity index (χ0v) is 18.3. The van der Waals surface area contributed by atoms with E-state index in [1.54, 1.807) is 6.92 Å². The van der Waals surface area contributed by atoms with Crippen LogP contribution in [0.4, 0.5) is 0 Å². The summed E-state index contributed by atoms with van der Waals surface area (Å²) in [4.78, 5) is 0. The zero-order valence-electron chi connectivity index (χ0n) is 18.3. The molecule has 0 saturated heterocycles. The third-order valence-electron chi connectivity index (χ3n) is 10.2. The predicted octanol–water partition coefficient (Wildman–Crippen LogP) is 6.49. The van der Waals surface area contributed by atoms with Gasteiger partial charge in [-0.3, -0.25) is 0 Å². The van der Waals surface area contributed by atoms with Gasteiger partial charge in [-0.1, -0.05) is 32.3 Å². The van der Waals surface area contributed by atoms with Crippen LogP contribution in [-0.2, 0) is 0 Å². The molecule has 1 N–H and O–H groups in total. The fraction of sp³-hybridized carbons (Fsp3) is 0.880. The molecule has 3 heteroatoms. The van der Waals surface area contributed by atoms with E-state index in [4.69, 9.17) is 4.52 Å². The SMILES string of the molecule is CC1CCC2(C)C(CCC3C2CCC2(C)C(c4cc(C(C)O)on4)CCC32)C1. The number of aliphatic hydroxyl groups excluding tert-OH is 1. The summed E-state index contributed by atoms with van der Waals surface area (Å²) >= 11 is 0. The summed E-state index contributed by atoms with van der Waals surface area (Å²) in [5.74, 6) is 5.76. The first-order valence-corrected chi connectivity index (χ1v) is 12.0. The largest absolute Gasteiger partial charge is 0.385 e. The van der Waals surface area contributed by atoms with Crippen molar-refractivity contribution in [2.75, 3.05) is 0 Å². The van der Waals surface area contributed by atoms with Gasteiger partial charge in [0.05, 0.1) is 5.69 Å². The molecule has 5 rings (SSSR count). The Kier molecular flexibility index (Phi) is 4.51. The Hall–Kier alpha value is -0.830. The van der Waals surface area contributed by atoms with Crippen LogP contribution in [-0.4, -0.2) is 10.3 Å². The van der Waals surface area contributed by atoms with Crippen LogP contribution in [0, 0.1) is 40.4 Å². The highest BCUT2D eigenvalue weighted by Crippen LogP contribution is 2.69. The monoisotopic (exact) mass is 385 g/mol. The Balaban J connectivity index is 1.41. The third kappa shape index (κ3) is 2.67. The summed E-state index contributed by atoms with van der Waals surface area (Å²) in [5.41, 5.74) is 2.06. The molecule has 3 nitrogen and oxygen atoms in total. The van der Waals surface area contributed by atoms with E-state index < -0.39 is 6.10 Å². The second-order valence-electron chi connectivity index (χ2n) is 11.5. The van der Waals surface area contributed by atoms with E-state index in [1.807, 2.05) is 6.07 Å². The van der Waals surface area contributed by atoms with E-state index in [0.29, 0.717) is 22.5 Å². The normalized spacial score (nSPS) is 49.2. The molecule has 9 atom stereocenters. The van der Waals surface area contributed by atoms with E-state index in [2.05, 4.69) is 25.9 Å². The van der Waals surface area contributed by atoms with E-state index in [1.165, 1.54) is 57.8 Å². The summed E-state index contributed by atoms with van der Waals surface area (Å²) in [6.45, 7) is 9.46. The Labute approximate surface area is 170 Å². The standard InChI is InChI=1S/C25H39NO2/c1-15-9-11-24(3)17(13-15)5-6-18-19-7-8-21(25(19,4)12-10-20(18)24)22-14-23(16(2)27)28-26-22/h14-21,27H,5-13H2,1-4H3. The van der Waals surface area contributed by atoms with Crippen LogP contribution >= 0.6 is 0 Å². The fourth-order valence-electron chi connectivity index (χ4n) is 8.62. The van der Waals surface area contributed by atoms with E-state index in [9.17, 15) is 5.11 Å². The van der Waals surface area contributed by atoms with Crippen molar-refractivity contribution in [1.29, 1.82) is 0 Å². The zero-order chi connectivity index (χ0) is 19.7. The number of rotatable bonds is 2. The molecule has 1 aromatic rings. The maximum Gasteiger partial charge on any atom is 0.165 e. The predicted molar refractivity (Wildman–Crippen MR) is 111 cm³/mol. The van der Waals surface area contributed by atoms with Crippen molar-refractivity contribution in [2.24, 2.45) is 40.4 Å². The Morgan fingerprint density at radius 1 is 1.04 bits per heavy atom. The topological polar surface area (TPSA) is 46.3 Å². The molecule has 1 heterocycles. The van der Waals surface area contributed by atoms with Gasteiger partial charge >= 0.3 is 0 Å². The van der Waals surface area contributed by atoms with Crippen molar-refractivity contribution in [3.8, 4) is 0 Å². The third-order valence-corrected chi connectivity index (χ3v) is 10.2. The molecule has 4 aliphatic carbocycles. The van der Waals surface area contributed by atoms with Gasteiger partial charge in [0.25, 0.3) is 0 Å². The number of fused-ring (bicyclic) bond motifs is 5. The molecule has 156 valence electrons.